The number of piperazine rings is 1. The molecule has 0 saturated carbocycles. The number of ether oxygens (including phenoxy) is 2. The van der Waals surface area contributed by atoms with Crippen molar-refractivity contribution in [2.24, 2.45) is 11.8 Å². The quantitative estimate of drug-likeness (QED) is 0.456. The molecular weight excluding hydrogens is 480 g/mol. The number of anilines is 1. The van der Waals surface area contributed by atoms with Gasteiger partial charge in [-0.3, -0.25) is 14.4 Å². The Morgan fingerprint density at radius 2 is 1.79 bits per heavy atom. The molecule has 0 spiro atoms. The second kappa shape index (κ2) is 11.0. The van der Waals surface area contributed by atoms with Gasteiger partial charge in [-0.25, -0.2) is 0 Å². The third-order valence-corrected chi connectivity index (χ3v) is 8.33. The fourth-order valence-electron chi connectivity index (χ4n) is 6.28. The first-order valence-corrected chi connectivity index (χ1v) is 13.7. The molecule has 4 aliphatic rings. The van der Waals surface area contributed by atoms with Crippen LogP contribution in [-0.2, 0) is 17.9 Å². The maximum absolute atomic E-state index is 13.6. The number of rotatable bonds is 8. The van der Waals surface area contributed by atoms with E-state index in [1.807, 2.05) is 59.4 Å². The van der Waals surface area contributed by atoms with Crippen molar-refractivity contribution in [2.45, 2.75) is 32.0 Å². The van der Waals surface area contributed by atoms with Gasteiger partial charge in [0.2, 0.25) is 5.91 Å². The van der Waals surface area contributed by atoms with E-state index in [0.717, 1.165) is 81.5 Å². The van der Waals surface area contributed by atoms with Gasteiger partial charge in [0, 0.05) is 38.8 Å². The van der Waals surface area contributed by atoms with Crippen LogP contribution in [-0.4, -0.2) is 83.1 Å². The summed E-state index contributed by atoms with van der Waals surface area (Å²) in [6.45, 7) is 6.29. The molecule has 0 radical (unpaired) electrons. The first-order valence-electron chi connectivity index (χ1n) is 13.7. The lowest BCUT2D eigenvalue weighted by atomic mass is 9.75. The highest BCUT2D eigenvalue weighted by atomic mass is 16.5. The van der Waals surface area contributed by atoms with Crippen LogP contribution >= 0.6 is 0 Å². The molecule has 7 rings (SSSR count). The molecule has 4 atom stereocenters. The molecule has 4 saturated heterocycles. The molecule has 0 N–H and O–H groups in total. The summed E-state index contributed by atoms with van der Waals surface area (Å²) in [7, 11) is 1.71. The van der Waals surface area contributed by atoms with E-state index in [1.54, 1.807) is 7.11 Å². The molecule has 9 heteroatoms. The van der Waals surface area contributed by atoms with Gasteiger partial charge in [-0.1, -0.05) is 35.5 Å². The number of fused-ring (bicyclic) bond motifs is 3. The summed E-state index contributed by atoms with van der Waals surface area (Å²) < 4.78 is 13.3. The van der Waals surface area contributed by atoms with E-state index in [-0.39, 0.29) is 5.92 Å². The van der Waals surface area contributed by atoms with Crippen LogP contribution in [0.5, 0.6) is 11.5 Å². The molecule has 5 heterocycles. The molecule has 4 aliphatic heterocycles. The lowest BCUT2D eigenvalue weighted by Gasteiger charge is -2.50. The van der Waals surface area contributed by atoms with Crippen molar-refractivity contribution < 1.29 is 14.3 Å². The van der Waals surface area contributed by atoms with Gasteiger partial charge in [0.1, 0.15) is 23.8 Å². The number of aromatic nitrogens is 3. The highest BCUT2D eigenvalue weighted by Crippen LogP contribution is 2.38. The fraction of sp³-hybridized carbons (Fsp3) is 0.483. The second-order valence-electron chi connectivity index (χ2n) is 10.6. The van der Waals surface area contributed by atoms with E-state index < -0.39 is 0 Å². The maximum Gasteiger partial charge on any atom is 0.227 e. The number of benzene rings is 2. The number of hydrogen-bond donors (Lipinski definition) is 0. The normalized spacial score (nSPS) is 24.9. The fourth-order valence-corrected chi connectivity index (χ4v) is 6.28. The van der Waals surface area contributed by atoms with Crippen molar-refractivity contribution >= 4 is 11.6 Å². The van der Waals surface area contributed by atoms with E-state index in [2.05, 4.69) is 31.1 Å². The maximum atomic E-state index is 13.6. The second-order valence-corrected chi connectivity index (χ2v) is 10.6. The summed E-state index contributed by atoms with van der Waals surface area (Å²) in [6, 6.07) is 18.3. The molecule has 1 aromatic heterocycles. The topological polar surface area (TPSA) is 76.0 Å². The molecule has 38 heavy (non-hydrogen) atoms. The summed E-state index contributed by atoms with van der Waals surface area (Å²) in [5.74, 6) is 2.59. The Hall–Kier alpha value is -3.59. The van der Waals surface area contributed by atoms with Crippen LogP contribution in [0.2, 0.25) is 0 Å². The van der Waals surface area contributed by atoms with E-state index in [9.17, 15) is 4.79 Å². The van der Waals surface area contributed by atoms with Crippen LogP contribution in [0.4, 0.5) is 5.69 Å². The number of hydrogen-bond acceptors (Lipinski definition) is 7. The molecule has 1 amide bonds. The molecule has 200 valence electrons. The average molecular weight is 517 g/mol. The molecule has 9 nitrogen and oxygen atoms in total. The molecule has 2 bridgehead atoms. The van der Waals surface area contributed by atoms with E-state index >= 15 is 0 Å². The van der Waals surface area contributed by atoms with Crippen molar-refractivity contribution in [3.8, 4) is 11.5 Å². The predicted molar refractivity (Wildman–Crippen MR) is 144 cm³/mol. The van der Waals surface area contributed by atoms with Gasteiger partial charge in [0.25, 0.3) is 0 Å². The van der Waals surface area contributed by atoms with Crippen molar-refractivity contribution in [1.29, 1.82) is 0 Å². The van der Waals surface area contributed by atoms with Crippen molar-refractivity contribution in [2.75, 3.05) is 51.3 Å². The minimum atomic E-state index is 0.100. The number of piperidine rings is 3. The van der Waals surface area contributed by atoms with Crippen LogP contribution < -0.4 is 14.4 Å². The zero-order valence-electron chi connectivity index (χ0n) is 22.0. The Balaban J connectivity index is 1.01. The SMILES string of the molecule is COc1ccccc1N1CCN(C(=O)[C@@H]2CN3CC[C@@H]2C[C@@H]3Cn2cc(COc3ccccc3)nn2)CC1. The van der Waals surface area contributed by atoms with Crippen LogP contribution in [0.1, 0.15) is 18.5 Å². The third kappa shape index (κ3) is 5.20. The highest BCUT2D eigenvalue weighted by molar-refractivity contribution is 5.80. The van der Waals surface area contributed by atoms with Crippen molar-refractivity contribution in [3.05, 3.63) is 66.5 Å². The molecule has 4 fully saturated rings. The molecule has 0 aliphatic carbocycles. The first kappa shape index (κ1) is 24.7. The summed E-state index contributed by atoms with van der Waals surface area (Å²) in [5, 5.41) is 8.65. The van der Waals surface area contributed by atoms with Gasteiger partial charge in [-0.2, -0.15) is 0 Å². The smallest absolute Gasteiger partial charge is 0.227 e. The lowest BCUT2D eigenvalue weighted by molar-refractivity contribution is -0.144. The minimum Gasteiger partial charge on any atom is -0.495 e. The first-order chi connectivity index (χ1) is 18.7. The Labute approximate surface area is 223 Å². The predicted octanol–water partition coefficient (Wildman–Crippen LogP) is 2.92. The number of para-hydroxylation sites is 3. The van der Waals surface area contributed by atoms with Crippen LogP contribution in [0.3, 0.4) is 0 Å². The number of carbonyl (C=O) groups excluding carboxylic acids is 1. The van der Waals surface area contributed by atoms with E-state index in [4.69, 9.17) is 9.47 Å². The Bertz CT molecular complexity index is 1230. The van der Waals surface area contributed by atoms with Crippen molar-refractivity contribution in [3.63, 3.8) is 0 Å². The lowest BCUT2D eigenvalue weighted by Crippen LogP contribution is -2.60. The van der Waals surface area contributed by atoms with Gasteiger partial charge in [-0.05, 0) is 49.6 Å². The minimum absolute atomic E-state index is 0.100. The third-order valence-electron chi connectivity index (χ3n) is 8.33. The number of amides is 1. The van der Waals surface area contributed by atoms with Gasteiger partial charge >= 0.3 is 0 Å². The largest absolute Gasteiger partial charge is 0.495 e. The zero-order valence-corrected chi connectivity index (χ0v) is 22.0. The molecular formula is C29H36N6O3. The van der Waals surface area contributed by atoms with E-state index in [1.165, 1.54) is 0 Å². The monoisotopic (exact) mass is 516 g/mol. The Kier molecular flexibility index (Phi) is 7.18. The Morgan fingerprint density at radius 3 is 2.55 bits per heavy atom. The summed E-state index contributed by atoms with van der Waals surface area (Å²) in [6.07, 6.45) is 4.12. The van der Waals surface area contributed by atoms with Gasteiger partial charge in [-0.15, -0.1) is 5.10 Å². The summed E-state index contributed by atoms with van der Waals surface area (Å²) in [5.41, 5.74) is 1.93. The average Bonchev–Trinajstić information content (AvgIpc) is 3.44. The molecule has 1 unspecified atom stereocenters. The number of nitrogens with zero attached hydrogens (tertiary/aromatic N) is 6. The zero-order chi connectivity index (χ0) is 25.9. The van der Waals surface area contributed by atoms with E-state index in [0.29, 0.717) is 24.5 Å². The van der Waals surface area contributed by atoms with Crippen LogP contribution in [0.15, 0.2) is 60.8 Å². The Morgan fingerprint density at radius 1 is 1.00 bits per heavy atom. The van der Waals surface area contributed by atoms with Gasteiger partial charge < -0.3 is 19.3 Å². The summed E-state index contributed by atoms with van der Waals surface area (Å²) >= 11 is 0. The van der Waals surface area contributed by atoms with Crippen LogP contribution in [0, 0.1) is 11.8 Å². The molecule has 3 aromatic rings. The number of carbonyl (C=O) groups is 1. The standard InChI is InChI=1S/C29H36N6O3/c1-37-28-10-6-5-9-27(28)32-13-15-33(16-14-32)29(36)26-20-34-12-11-22(26)17-24(34)19-35-18-23(30-31-35)21-38-25-7-3-2-4-8-25/h2-10,18,22,24,26H,11-17,19-21H2,1H3/t22-,24-,26-/m1/s1. The summed E-state index contributed by atoms with van der Waals surface area (Å²) in [4.78, 5) is 20.5. The van der Waals surface area contributed by atoms with Gasteiger partial charge in [0.05, 0.1) is 31.5 Å². The van der Waals surface area contributed by atoms with Crippen LogP contribution in [0.25, 0.3) is 0 Å². The number of methoxy groups -OCH3 is 1. The highest BCUT2D eigenvalue weighted by Gasteiger charge is 2.44. The molecule has 2 aromatic carbocycles. The van der Waals surface area contributed by atoms with Crippen molar-refractivity contribution in [1.82, 2.24) is 24.8 Å². The van der Waals surface area contributed by atoms with Gasteiger partial charge in [0.15, 0.2) is 0 Å².